The monoisotopic (exact) mass is 494 g/mol. The van der Waals surface area contributed by atoms with Crippen LogP contribution in [0.3, 0.4) is 0 Å². The molecule has 13 heteroatoms. The Hall–Kier alpha value is -3.28. The molecular formula is C20H13ClF6N2O4. The third-order valence-electron chi connectivity index (χ3n) is 4.64. The molecule has 0 N–H and O–H groups in total. The van der Waals surface area contributed by atoms with Gasteiger partial charge in [-0.1, -0.05) is 34.6 Å². The van der Waals surface area contributed by atoms with Crippen molar-refractivity contribution >= 4 is 34.3 Å². The second kappa shape index (κ2) is 8.58. The van der Waals surface area contributed by atoms with Gasteiger partial charge in [-0.15, -0.1) is 4.68 Å². The lowest BCUT2D eigenvalue weighted by Crippen LogP contribution is -2.45. The lowest BCUT2D eigenvalue weighted by atomic mass is 10.00. The van der Waals surface area contributed by atoms with Gasteiger partial charge >= 0.3 is 24.0 Å². The van der Waals surface area contributed by atoms with Gasteiger partial charge in [0.2, 0.25) is 0 Å². The highest BCUT2D eigenvalue weighted by Crippen LogP contribution is 2.36. The van der Waals surface area contributed by atoms with Crippen molar-refractivity contribution < 1.29 is 45.5 Å². The molecule has 0 unspecified atom stereocenters. The summed E-state index contributed by atoms with van der Waals surface area (Å²) in [6.45, 7) is 1.71. The van der Waals surface area contributed by atoms with Crippen LogP contribution in [0.2, 0.25) is 5.02 Å². The minimum Gasteiger partial charge on any atom is -0.595 e. The van der Waals surface area contributed by atoms with Crippen LogP contribution in [0.5, 0.6) is 0 Å². The third-order valence-corrected chi connectivity index (χ3v) is 4.96. The van der Waals surface area contributed by atoms with Crippen molar-refractivity contribution in [2.45, 2.75) is 31.9 Å². The maximum atomic E-state index is 13.2. The van der Waals surface area contributed by atoms with Gasteiger partial charge < -0.3 is 9.94 Å². The molecule has 0 spiro atoms. The Morgan fingerprint density at radius 2 is 1.61 bits per heavy atom. The number of aromatic nitrogens is 2. The van der Waals surface area contributed by atoms with Gasteiger partial charge in [-0.05, 0) is 31.2 Å². The zero-order valence-electron chi connectivity index (χ0n) is 16.5. The van der Waals surface area contributed by atoms with Crippen LogP contribution >= 0.6 is 11.6 Å². The minimum atomic E-state index is -5.94. The number of fused-ring (bicyclic) bond motifs is 1. The van der Waals surface area contributed by atoms with E-state index in [1.165, 1.54) is 24.3 Å². The van der Waals surface area contributed by atoms with Gasteiger partial charge in [0.05, 0.1) is 17.1 Å². The Labute approximate surface area is 186 Å². The van der Waals surface area contributed by atoms with E-state index in [0.29, 0.717) is 0 Å². The highest BCUT2D eigenvalue weighted by atomic mass is 35.5. The van der Waals surface area contributed by atoms with Crippen molar-refractivity contribution in [2.75, 3.05) is 0 Å². The second-order valence-electron chi connectivity index (χ2n) is 6.71. The topological polar surface area (TPSA) is 75.2 Å². The molecule has 0 amide bonds. The van der Waals surface area contributed by atoms with Gasteiger partial charge in [-0.25, -0.2) is 4.79 Å². The Kier molecular flexibility index (Phi) is 6.33. The summed E-state index contributed by atoms with van der Waals surface area (Å²) in [5.74, 6) is -3.18. The zero-order valence-corrected chi connectivity index (χ0v) is 17.3. The summed E-state index contributed by atoms with van der Waals surface area (Å²) < 4.78 is 81.7. The normalized spacial score (nSPS) is 12.4. The first-order valence-electron chi connectivity index (χ1n) is 9.17. The van der Waals surface area contributed by atoms with E-state index in [-0.39, 0.29) is 27.3 Å². The molecule has 1 aromatic heterocycles. The SMILES string of the molecule is CCn1c2cccc(Cl)c2c(C(=O)c2ccccc2C(=O)OC(C(F)(F)F)C(F)(F)F)[n+]1[O-]. The molecule has 1 heterocycles. The molecule has 6 nitrogen and oxygen atoms in total. The number of carbonyl (C=O) groups is 2. The van der Waals surface area contributed by atoms with Crippen LogP contribution in [0.1, 0.15) is 33.3 Å². The van der Waals surface area contributed by atoms with Gasteiger partial charge in [0, 0.05) is 5.56 Å². The standard InChI is InChI=1S/C20H13ClF6N2O4/c1-2-28-13-9-5-8-12(21)14(13)15(29(28)32)16(30)10-6-3-4-7-11(10)17(31)33-18(19(22,23)24)20(25,26)27/h3-9,18H,2H2,1H3. The van der Waals surface area contributed by atoms with E-state index in [0.717, 1.165) is 22.9 Å². The molecule has 0 fully saturated rings. The van der Waals surface area contributed by atoms with E-state index in [1.54, 1.807) is 6.92 Å². The smallest absolute Gasteiger partial charge is 0.434 e. The average molecular weight is 495 g/mol. The fraction of sp³-hybridized carbons (Fsp3) is 0.250. The average Bonchev–Trinajstić information content (AvgIpc) is 3.02. The molecule has 33 heavy (non-hydrogen) atoms. The Morgan fingerprint density at radius 1 is 1.03 bits per heavy atom. The molecule has 0 aliphatic heterocycles. The lowest BCUT2D eigenvalue weighted by Gasteiger charge is -2.23. The molecule has 176 valence electrons. The first-order valence-corrected chi connectivity index (χ1v) is 9.55. The summed E-state index contributed by atoms with van der Waals surface area (Å²) in [5.41, 5.74) is -1.81. The molecule has 0 bridgehead atoms. The van der Waals surface area contributed by atoms with E-state index < -0.39 is 47.0 Å². The van der Waals surface area contributed by atoms with Gasteiger partial charge in [0.25, 0.3) is 11.9 Å². The van der Waals surface area contributed by atoms with Crippen LogP contribution in [-0.4, -0.2) is 34.9 Å². The summed E-state index contributed by atoms with van der Waals surface area (Å²) in [6.07, 6.45) is -16.3. The molecule has 0 aliphatic carbocycles. The minimum absolute atomic E-state index is 0.00177. The van der Waals surface area contributed by atoms with Crippen molar-refractivity contribution in [3.63, 3.8) is 0 Å². The molecule has 3 rings (SSSR count). The zero-order chi connectivity index (χ0) is 24.7. The fourth-order valence-corrected chi connectivity index (χ4v) is 3.51. The summed E-state index contributed by atoms with van der Waals surface area (Å²) in [5, 5.41) is 12.8. The third kappa shape index (κ3) is 4.47. The summed E-state index contributed by atoms with van der Waals surface area (Å²) in [6, 6.07) is 8.51. The van der Waals surface area contributed by atoms with E-state index >= 15 is 0 Å². The first-order chi connectivity index (χ1) is 15.3. The predicted octanol–water partition coefficient (Wildman–Crippen LogP) is 4.83. The molecule has 0 saturated heterocycles. The number of nitrogens with zero attached hydrogens (tertiary/aromatic N) is 2. The van der Waals surface area contributed by atoms with Gasteiger partial charge in [-0.2, -0.15) is 26.3 Å². The van der Waals surface area contributed by atoms with Crippen molar-refractivity contribution in [1.82, 2.24) is 4.68 Å². The number of hydrogen-bond donors (Lipinski definition) is 0. The van der Waals surface area contributed by atoms with Crippen molar-refractivity contribution in [1.29, 1.82) is 0 Å². The summed E-state index contributed by atoms with van der Waals surface area (Å²) in [4.78, 5) is 25.7. The van der Waals surface area contributed by atoms with Crippen molar-refractivity contribution in [3.8, 4) is 0 Å². The van der Waals surface area contributed by atoms with Crippen molar-refractivity contribution in [2.24, 2.45) is 0 Å². The van der Waals surface area contributed by atoms with Crippen LogP contribution in [0, 0.1) is 5.21 Å². The number of ether oxygens (including phenoxy) is 1. The number of hydrogen-bond acceptors (Lipinski definition) is 4. The van der Waals surface area contributed by atoms with Crippen LogP contribution in [0.25, 0.3) is 10.9 Å². The predicted molar refractivity (Wildman–Crippen MR) is 103 cm³/mol. The van der Waals surface area contributed by atoms with Crippen LogP contribution < -0.4 is 4.85 Å². The highest BCUT2D eigenvalue weighted by molar-refractivity contribution is 6.37. The van der Waals surface area contributed by atoms with Crippen LogP contribution in [0.4, 0.5) is 26.3 Å². The largest absolute Gasteiger partial charge is 0.595 e. The molecule has 3 aromatic rings. The summed E-state index contributed by atoms with van der Waals surface area (Å²) in [7, 11) is 0. The molecule has 0 atom stereocenters. The number of benzene rings is 2. The van der Waals surface area contributed by atoms with Crippen LogP contribution in [0.15, 0.2) is 42.5 Å². The number of carbonyl (C=O) groups excluding carboxylic acids is 2. The highest BCUT2D eigenvalue weighted by Gasteiger charge is 2.60. The van der Waals surface area contributed by atoms with E-state index in [1.807, 2.05) is 0 Å². The lowest BCUT2D eigenvalue weighted by molar-refractivity contribution is -0.692. The molecule has 0 aliphatic rings. The molecule has 0 radical (unpaired) electrons. The maximum Gasteiger partial charge on any atom is 0.434 e. The number of alkyl halides is 6. The van der Waals surface area contributed by atoms with Gasteiger partial charge in [0.1, 0.15) is 10.9 Å². The van der Waals surface area contributed by atoms with Crippen LogP contribution in [-0.2, 0) is 11.3 Å². The molecule has 0 saturated carbocycles. The summed E-state index contributed by atoms with van der Waals surface area (Å²) >= 11 is 6.15. The first kappa shape index (κ1) is 24.4. The Morgan fingerprint density at radius 3 is 2.15 bits per heavy atom. The second-order valence-corrected chi connectivity index (χ2v) is 7.12. The van der Waals surface area contributed by atoms with E-state index in [2.05, 4.69) is 4.74 Å². The molecular weight excluding hydrogens is 482 g/mol. The number of ketones is 1. The van der Waals surface area contributed by atoms with Gasteiger partial charge in [0.15, 0.2) is 0 Å². The van der Waals surface area contributed by atoms with Gasteiger partial charge in [-0.3, -0.25) is 4.79 Å². The number of esters is 1. The van der Waals surface area contributed by atoms with E-state index in [9.17, 15) is 41.1 Å². The Bertz CT molecular complexity index is 1220. The maximum absolute atomic E-state index is 13.2. The van der Waals surface area contributed by atoms with E-state index in [4.69, 9.17) is 11.6 Å². The number of halogens is 7. The number of aryl methyl sites for hydroxylation is 1. The Balaban J connectivity index is 2.12. The van der Waals surface area contributed by atoms with Crippen molar-refractivity contribution in [3.05, 3.63) is 69.5 Å². The molecule has 2 aromatic carbocycles. The number of rotatable bonds is 5. The fourth-order valence-electron chi connectivity index (χ4n) is 3.25. The quantitative estimate of drug-likeness (QED) is 0.167.